The molecule has 6 unspecified atom stereocenters. The van der Waals surface area contributed by atoms with E-state index in [1.54, 1.807) is 16.7 Å². The third-order valence-electron chi connectivity index (χ3n) is 7.00. The Kier molecular flexibility index (Phi) is 5.57. The number of amides is 2. The molecule has 4 aliphatic rings. The van der Waals surface area contributed by atoms with E-state index in [0.717, 1.165) is 12.8 Å². The minimum Gasteiger partial charge on any atom is -0.336 e. The van der Waals surface area contributed by atoms with E-state index in [0.29, 0.717) is 37.8 Å². The van der Waals surface area contributed by atoms with Crippen molar-refractivity contribution in [2.24, 2.45) is 23.7 Å². The van der Waals surface area contributed by atoms with Crippen LogP contribution in [0.3, 0.4) is 0 Å². The van der Waals surface area contributed by atoms with Crippen molar-refractivity contribution in [3.05, 3.63) is 0 Å². The summed E-state index contributed by atoms with van der Waals surface area (Å²) >= 11 is 0. The van der Waals surface area contributed by atoms with Gasteiger partial charge in [-0.05, 0) is 31.6 Å². The van der Waals surface area contributed by atoms with Crippen LogP contribution in [0.4, 0.5) is 8.78 Å². The monoisotopic (exact) mass is 384 g/mol. The summed E-state index contributed by atoms with van der Waals surface area (Å²) < 4.78 is 26.9. The first-order valence-electron chi connectivity index (χ1n) is 10.4. The van der Waals surface area contributed by atoms with Crippen molar-refractivity contribution >= 4 is 11.8 Å². The molecule has 4 aliphatic heterocycles. The van der Waals surface area contributed by atoms with Crippen molar-refractivity contribution < 1.29 is 18.4 Å². The topological polar surface area (TPSA) is 40.6 Å². The second kappa shape index (κ2) is 7.32. The van der Waals surface area contributed by atoms with Gasteiger partial charge >= 0.3 is 0 Å². The number of piperidine rings is 2. The van der Waals surface area contributed by atoms with Crippen molar-refractivity contribution in [2.75, 3.05) is 13.1 Å². The number of hydrogen-bond donors (Lipinski definition) is 0. The molecule has 154 valence electrons. The molecule has 0 saturated carbocycles. The van der Waals surface area contributed by atoms with E-state index < -0.39 is 11.8 Å². The minimum atomic E-state index is -1.17. The summed E-state index contributed by atoms with van der Waals surface area (Å²) in [5.41, 5.74) is -1.17. The third-order valence-corrected chi connectivity index (χ3v) is 7.00. The van der Waals surface area contributed by atoms with Crippen LogP contribution in [0.2, 0.25) is 0 Å². The molecule has 4 fully saturated rings. The number of hydrogen-bond acceptors (Lipinski definition) is 2. The van der Waals surface area contributed by atoms with Crippen LogP contribution in [0, 0.1) is 23.7 Å². The highest BCUT2D eigenvalue weighted by atomic mass is 19.1. The smallest absolute Gasteiger partial charge is 0.225 e. The first-order chi connectivity index (χ1) is 12.5. The van der Waals surface area contributed by atoms with Gasteiger partial charge in [-0.1, -0.05) is 27.7 Å². The van der Waals surface area contributed by atoms with Gasteiger partial charge in [0.25, 0.3) is 0 Å². The molecule has 0 spiro atoms. The maximum absolute atomic E-state index is 13.8. The van der Waals surface area contributed by atoms with Crippen molar-refractivity contribution in [3.63, 3.8) is 0 Å². The van der Waals surface area contributed by atoms with Crippen molar-refractivity contribution in [1.29, 1.82) is 0 Å². The molecule has 4 saturated heterocycles. The molecule has 4 nitrogen and oxygen atoms in total. The Morgan fingerprint density at radius 3 is 2.00 bits per heavy atom. The molecular weight excluding hydrogens is 350 g/mol. The van der Waals surface area contributed by atoms with Gasteiger partial charge in [0.15, 0.2) is 0 Å². The molecule has 0 bridgehead atoms. The lowest BCUT2D eigenvalue weighted by atomic mass is 9.84. The second-order valence-corrected chi connectivity index (χ2v) is 9.77. The Hall–Kier alpha value is -1.20. The van der Waals surface area contributed by atoms with E-state index >= 15 is 0 Å². The Morgan fingerprint density at radius 1 is 0.889 bits per heavy atom. The van der Waals surface area contributed by atoms with E-state index in [4.69, 9.17) is 0 Å². The predicted molar refractivity (Wildman–Crippen MR) is 101 cm³/mol. The number of halogens is 2. The van der Waals surface area contributed by atoms with Crippen molar-refractivity contribution in [3.8, 4) is 0 Å². The standard InChI is InChI=1S/C11H18FNO.C10H16FNO/c1-7-4-8(2)10(14)13-6-11(3,12)5-9(7)13;1-6-3-7(2)10(13)12-5-8(11)4-9(6)12/h7-9H,4-6H2,1-3H3;6-9H,3-5H2,1-2H3/t7?,8?,9-,11?;6?,7?,8?,9-/m00/s1. The van der Waals surface area contributed by atoms with E-state index in [-0.39, 0.29) is 35.7 Å². The summed E-state index contributed by atoms with van der Waals surface area (Å²) in [6.45, 7) is 10.4. The molecule has 0 radical (unpaired) electrons. The quantitative estimate of drug-likeness (QED) is 0.640. The number of carbonyl (C=O) groups excluding carboxylic acids is 2. The van der Waals surface area contributed by atoms with E-state index in [2.05, 4.69) is 13.8 Å². The number of alkyl halides is 2. The van der Waals surface area contributed by atoms with Gasteiger partial charge in [0, 0.05) is 36.8 Å². The molecule has 2 amide bonds. The predicted octanol–water partition coefficient (Wildman–Crippen LogP) is 3.59. The molecule has 0 aromatic rings. The SMILES string of the molecule is CC1CC(C)[C@@H]2CC(C)(F)CN2C1=O.CC1CC(C)[C@@H]2CC(F)CN2C1=O. The molecule has 0 aromatic heterocycles. The lowest BCUT2D eigenvalue weighted by molar-refractivity contribution is -0.142. The van der Waals surface area contributed by atoms with Gasteiger partial charge in [-0.15, -0.1) is 0 Å². The van der Waals surface area contributed by atoms with Gasteiger partial charge in [0.2, 0.25) is 11.8 Å². The summed E-state index contributed by atoms with van der Waals surface area (Å²) in [6.07, 6.45) is 2.12. The Balaban J connectivity index is 0.000000156. The second-order valence-electron chi connectivity index (χ2n) is 9.77. The highest BCUT2D eigenvalue weighted by Gasteiger charge is 2.49. The lowest BCUT2D eigenvalue weighted by Crippen LogP contribution is -2.47. The molecule has 4 rings (SSSR count). The average Bonchev–Trinajstić information content (AvgIpc) is 3.12. The van der Waals surface area contributed by atoms with Crippen molar-refractivity contribution in [2.45, 2.75) is 84.2 Å². The van der Waals surface area contributed by atoms with Gasteiger partial charge in [0.05, 0.1) is 13.1 Å². The molecule has 8 atom stereocenters. The molecule has 0 N–H and O–H groups in total. The number of fused-ring (bicyclic) bond motifs is 2. The fraction of sp³-hybridized carbons (Fsp3) is 0.905. The molecule has 27 heavy (non-hydrogen) atoms. The Labute approximate surface area is 161 Å². The largest absolute Gasteiger partial charge is 0.336 e. The van der Waals surface area contributed by atoms with Crippen LogP contribution in [-0.2, 0) is 9.59 Å². The van der Waals surface area contributed by atoms with Gasteiger partial charge in [-0.3, -0.25) is 9.59 Å². The fourth-order valence-electron chi connectivity index (χ4n) is 5.64. The molecular formula is C21H34F2N2O2. The normalized spacial score (nSPS) is 46.7. The van der Waals surface area contributed by atoms with Gasteiger partial charge in [-0.2, -0.15) is 0 Å². The van der Waals surface area contributed by atoms with Gasteiger partial charge < -0.3 is 9.80 Å². The first kappa shape index (κ1) is 20.5. The summed E-state index contributed by atoms with van der Waals surface area (Å²) in [7, 11) is 0. The van der Waals surface area contributed by atoms with Gasteiger partial charge in [-0.25, -0.2) is 8.78 Å². The zero-order chi connectivity index (χ0) is 20.1. The highest BCUT2D eigenvalue weighted by molar-refractivity contribution is 5.80. The number of carbonyl (C=O) groups is 2. The molecule has 4 heterocycles. The zero-order valence-corrected chi connectivity index (χ0v) is 17.3. The summed E-state index contributed by atoms with van der Waals surface area (Å²) in [4.78, 5) is 27.0. The summed E-state index contributed by atoms with van der Waals surface area (Å²) in [5.74, 6) is 1.39. The first-order valence-corrected chi connectivity index (χ1v) is 10.4. The molecule has 6 heteroatoms. The maximum Gasteiger partial charge on any atom is 0.225 e. The number of rotatable bonds is 0. The fourth-order valence-corrected chi connectivity index (χ4v) is 5.64. The minimum absolute atomic E-state index is 0.0788. The maximum atomic E-state index is 13.8. The van der Waals surface area contributed by atoms with Crippen LogP contribution in [0.5, 0.6) is 0 Å². The lowest BCUT2D eigenvalue weighted by Gasteiger charge is -2.37. The third kappa shape index (κ3) is 4.00. The van der Waals surface area contributed by atoms with E-state index in [1.165, 1.54) is 0 Å². The summed E-state index contributed by atoms with van der Waals surface area (Å²) in [5, 5.41) is 0. The highest BCUT2D eigenvalue weighted by Crippen LogP contribution is 2.40. The Bertz CT molecular complexity index is 597. The summed E-state index contributed by atoms with van der Waals surface area (Å²) in [6, 6.07) is 0.326. The van der Waals surface area contributed by atoms with Crippen molar-refractivity contribution in [1.82, 2.24) is 9.80 Å². The number of nitrogens with zero attached hydrogens (tertiary/aromatic N) is 2. The van der Waals surface area contributed by atoms with Crippen LogP contribution >= 0.6 is 0 Å². The van der Waals surface area contributed by atoms with Gasteiger partial charge in [0.1, 0.15) is 11.8 Å². The molecule has 0 aliphatic carbocycles. The van der Waals surface area contributed by atoms with Crippen LogP contribution in [0.1, 0.15) is 60.3 Å². The van der Waals surface area contributed by atoms with Crippen LogP contribution in [-0.4, -0.2) is 58.6 Å². The molecule has 0 aromatic carbocycles. The average molecular weight is 385 g/mol. The van der Waals surface area contributed by atoms with E-state index in [9.17, 15) is 18.4 Å². The van der Waals surface area contributed by atoms with Crippen LogP contribution in [0.25, 0.3) is 0 Å². The van der Waals surface area contributed by atoms with Crippen LogP contribution < -0.4 is 0 Å². The zero-order valence-electron chi connectivity index (χ0n) is 17.3. The van der Waals surface area contributed by atoms with Crippen LogP contribution in [0.15, 0.2) is 0 Å². The Morgan fingerprint density at radius 2 is 1.41 bits per heavy atom. The van der Waals surface area contributed by atoms with E-state index in [1.807, 2.05) is 13.8 Å².